The molecule has 4 heterocycles. The molecule has 0 radical (unpaired) electrons. The van der Waals surface area contributed by atoms with Crippen molar-refractivity contribution in [1.29, 1.82) is 0 Å². The summed E-state index contributed by atoms with van der Waals surface area (Å²) in [6.07, 6.45) is 4.05. The van der Waals surface area contributed by atoms with Crippen LogP contribution >= 0.6 is 0 Å². The zero-order chi connectivity index (χ0) is 12.8. The molecule has 3 saturated heterocycles. The summed E-state index contributed by atoms with van der Waals surface area (Å²) in [4.78, 5) is 1.43. The lowest BCUT2D eigenvalue weighted by atomic mass is 9.83. The number of hydrogen-bond acceptors (Lipinski definition) is 2. The molecule has 0 spiro atoms. The van der Waals surface area contributed by atoms with Gasteiger partial charge >= 0.3 is 0 Å². The molecule has 1 aromatic carbocycles. The van der Waals surface area contributed by atoms with Gasteiger partial charge in [-0.05, 0) is 12.1 Å². The summed E-state index contributed by atoms with van der Waals surface area (Å²) in [6, 6.07) is 10.1. The van der Waals surface area contributed by atoms with Crippen molar-refractivity contribution < 1.29 is 14.4 Å². The summed E-state index contributed by atoms with van der Waals surface area (Å²) in [5.41, 5.74) is 2.02. The van der Waals surface area contributed by atoms with Crippen LogP contribution in [0.1, 0.15) is 18.6 Å². The van der Waals surface area contributed by atoms with E-state index in [1.54, 1.807) is 0 Å². The number of aliphatic hydroxyl groups excluding tert-OH is 1. The number of furan rings is 1. The molecule has 0 amide bonds. The zero-order valence-electron chi connectivity index (χ0n) is 10.8. The molecule has 2 bridgehead atoms. The predicted octanol–water partition coefficient (Wildman–Crippen LogP) is 1.44. The van der Waals surface area contributed by atoms with E-state index in [4.69, 9.17) is 4.42 Å². The lowest BCUT2D eigenvalue weighted by Crippen LogP contribution is -3.14. The van der Waals surface area contributed by atoms with Gasteiger partial charge in [0.1, 0.15) is 23.1 Å². The van der Waals surface area contributed by atoms with Crippen molar-refractivity contribution in [3.05, 3.63) is 41.8 Å². The summed E-state index contributed by atoms with van der Waals surface area (Å²) in [5, 5.41) is 11.5. The third-order valence-corrected chi connectivity index (χ3v) is 4.55. The van der Waals surface area contributed by atoms with Crippen LogP contribution in [0.25, 0.3) is 17.0 Å². The summed E-state index contributed by atoms with van der Waals surface area (Å²) in [5.74, 6) is 1.31. The second-order valence-electron chi connectivity index (χ2n) is 5.67. The van der Waals surface area contributed by atoms with Gasteiger partial charge in [-0.15, -0.1) is 0 Å². The van der Waals surface area contributed by atoms with Crippen LogP contribution in [0.2, 0.25) is 0 Å². The maximum atomic E-state index is 10.4. The normalized spacial score (nSPS) is 32.3. The molecule has 98 valence electrons. The van der Waals surface area contributed by atoms with Crippen LogP contribution in [0.4, 0.5) is 0 Å². The van der Waals surface area contributed by atoms with Gasteiger partial charge in [0, 0.05) is 30.2 Å². The number of benzene rings is 1. The topological polar surface area (TPSA) is 37.8 Å². The van der Waals surface area contributed by atoms with Gasteiger partial charge in [0.25, 0.3) is 0 Å². The molecule has 0 saturated carbocycles. The van der Waals surface area contributed by atoms with Gasteiger partial charge in [-0.25, -0.2) is 0 Å². The highest BCUT2D eigenvalue weighted by Crippen LogP contribution is 2.26. The molecule has 3 aliphatic heterocycles. The Kier molecular flexibility index (Phi) is 2.50. The minimum absolute atomic E-state index is 0.286. The number of rotatable bonds is 1. The Morgan fingerprint density at radius 2 is 2.00 bits per heavy atom. The lowest BCUT2D eigenvalue weighted by molar-refractivity contribution is -0.880. The first-order valence-corrected chi connectivity index (χ1v) is 7.04. The molecule has 19 heavy (non-hydrogen) atoms. The van der Waals surface area contributed by atoms with E-state index in [0.717, 1.165) is 48.4 Å². The standard InChI is InChI=1S/C16H17NO2/c18-16-11-5-7-17(8-6-11)14(16)10-13-9-12-3-1-2-4-15(12)19-13/h1-4,9-11,16,18H,5-8H2/p+1/b14-10-/t16-/m0/s1. The first-order valence-electron chi connectivity index (χ1n) is 7.04. The van der Waals surface area contributed by atoms with Crippen LogP contribution in [0.5, 0.6) is 0 Å². The van der Waals surface area contributed by atoms with Crippen molar-refractivity contribution >= 4 is 17.0 Å². The smallest absolute Gasteiger partial charge is 0.140 e. The second-order valence-corrected chi connectivity index (χ2v) is 5.67. The van der Waals surface area contributed by atoms with Crippen LogP contribution < -0.4 is 4.90 Å². The van der Waals surface area contributed by atoms with E-state index in [-0.39, 0.29) is 6.10 Å². The molecular weight excluding hydrogens is 238 g/mol. The fourth-order valence-corrected chi connectivity index (χ4v) is 3.47. The van der Waals surface area contributed by atoms with Crippen LogP contribution in [-0.2, 0) is 0 Å². The third kappa shape index (κ3) is 1.81. The number of quaternary nitrogens is 1. The fourth-order valence-electron chi connectivity index (χ4n) is 3.47. The van der Waals surface area contributed by atoms with Crippen LogP contribution in [0.3, 0.4) is 0 Å². The van der Waals surface area contributed by atoms with Crippen LogP contribution in [0, 0.1) is 5.92 Å². The molecule has 1 aromatic heterocycles. The average Bonchev–Trinajstić information content (AvgIpc) is 2.85. The van der Waals surface area contributed by atoms with E-state index in [0.29, 0.717) is 5.92 Å². The molecule has 2 N–H and O–H groups in total. The molecule has 2 aromatic rings. The van der Waals surface area contributed by atoms with E-state index >= 15 is 0 Å². The van der Waals surface area contributed by atoms with Crippen LogP contribution in [-0.4, -0.2) is 24.3 Å². The van der Waals surface area contributed by atoms with Crippen molar-refractivity contribution in [3.63, 3.8) is 0 Å². The van der Waals surface area contributed by atoms with E-state index in [1.165, 1.54) is 4.90 Å². The summed E-state index contributed by atoms with van der Waals surface area (Å²) < 4.78 is 5.83. The molecule has 3 nitrogen and oxygen atoms in total. The summed E-state index contributed by atoms with van der Waals surface area (Å²) in [7, 11) is 0. The highest BCUT2D eigenvalue weighted by atomic mass is 16.3. The quantitative estimate of drug-likeness (QED) is 0.810. The summed E-state index contributed by atoms with van der Waals surface area (Å²) in [6.45, 7) is 2.29. The zero-order valence-corrected chi connectivity index (χ0v) is 10.8. The number of aliphatic hydroxyl groups is 1. The van der Waals surface area contributed by atoms with Gasteiger partial charge in [-0.3, -0.25) is 0 Å². The first-order chi connectivity index (χ1) is 9.31. The Balaban J connectivity index is 1.74. The lowest BCUT2D eigenvalue weighted by Gasteiger charge is -2.40. The van der Waals surface area contributed by atoms with Gasteiger partial charge in [0.15, 0.2) is 0 Å². The SMILES string of the molecule is O[C@@H]1/C(=C/c2cc3ccccc3o2)[NH+]2CCC1CC2. The molecule has 0 aliphatic carbocycles. The van der Waals surface area contributed by atoms with E-state index in [9.17, 15) is 5.11 Å². The Morgan fingerprint density at radius 1 is 1.21 bits per heavy atom. The number of fused-ring (bicyclic) bond motifs is 4. The van der Waals surface area contributed by atoms with Gasteiger partial charge in [0.05, 0.1) is 13.1 Å². The number of nitrogens with one attached hydrogen (secondary N) is 1. The minimum Gasteiger partial charge on any atom is -0.456 e. The van der Waals surface area contributed by atoms with Crippen molar-refractivity contribution in [2.45, 2.75) is 18.9 Å². The van der Waals surface area contributed by atoms with E-state index in [2.05, 4.69) is 12.1 Å². The maximum Gasteiger partial charge on any atom is 0.140 e. The first kappa shape index (κ1) is 11.3. The molecular formula is C16H18NO2+. The van der Waals surface area contributed by atoms with Crippen molar-refractivity contribution in [3.8, 4) is 0 Å². The molecule has 3 fully saturated rings. The number of hydrogen-bond donors (Lipinski definition) is 2. The van der Waals surface area contributed by atoms with Crippen molar-refractivity contribution in [1.82, 2.24) is 0 Å². The van der Waals surface area contributed by atoms with Crippen LogP contribution in [0.15, 0.2) is 40.4 Å². The second kappa shape index (κ2) is 4.22. The predicted molar refractivity (Wildman–Crippen MR) is 73.6 cm³/mol. The largest absolute Gasteiger partial charge is 0.456 e. The molecule has 1 atom stereocenters. The Bertz CT molecular complexity index is 598. The van der Waals surface area contributed by atoms with Gasteiger partial charge in [-0.1, -0.05) is 18.2 Å². The van der Waals surface area contributed by atoms with Gasteiger partial charge < -0.3 is 14.4 Å². The van der Waals surface area contributed by atoms with E-state index in [1.807, 2.05) is 24.3 Å². The summed E-state index contributed by atoms with van der Waals surface area (Å²) >= 11 is 0. The molecule has 5 rings (SSSR count). The Hall–Kier alpha value is -1.58. The Labute approximate surface area is 112 Å². The number of para-hydroxylation sites is 1. The highest BCUT2D eigenvalue weighted by Gasteiger charge is 2.41. The van der Waals surface area contributed by atoms with Gasteiger partial charge in [-0.2, -0.15) is 0 Å². The fraction of sp³-hybridized carbons (Fsp3) is 0.375. The number of piperidine rings is 3. The van der Waals surface area contributed by atoms with E-state index < -0.39 is 0 Å². The van der Waals surface area contributed by atoms with Gasteiger partial charge in [0.2, 0.25) is 0 Å². The molecule has 3 aliphatic rings. The van der Waals surface area contributed by atoms with Crippen molar-refractivity contribution in [2.24, 2.45) is 5.92 Å². The molecule has 3 heteroatoms. The minimum atomic E-state index is -0.286. The highest BCUT2D eigenvalue weighted by molar-refractivity contribution is 5.79. The molecule has 0 unspecified atom stereocenters. The van der Waals surface area contributed by atoms with Crippen molar-refractivity contribution in [2.75, 3.05) is 13.1 Å². The maximum absolute atomic E-state index is 10.4. The third-order valence-electron chi connectivity index (χ3n) is 4.55. The monoisotopic (exact) mass is 256 g/mol. The Morgan fingerprint density at radius 3 is 2.74 bits per heavy atom. The average molecular weight is 256 g/mol.